The normalized spacial score (nSPS) is 10.8. The molecule has 0 atom stereocenters. The first-order chi connectivity index (χ1) is 15.0. The van der Waals surface area contributed by atoms with Crippen molar-refractivity contribution in [3.05, 3.63) is 82.1 Å². The van der Waals surface area contributed by atoms with Gasteiger partial charge in [0.2, 0.25) is 5.91 Å². The lowest BCUT2D eigenvalue weighted by atomic mass is 10.2. The van der Waals surface area contributed by atoms with E-state index in [1.165, 1.54) is 11.8 Å². The van der Waals surface area contributed by atoms with Crippen molar-refractivity contribution in [1.82, 2.24) is 19.7 Å². The number of hydrogen-bond acceptors (Lipinski definition) is 5. The Balaban J connectivity index is 1.58. The maximum atomic E-state index is 12.5. The van der Waals surface area contributed by atoms with Gasteiger partial charge in [-0.15, -0.1) is 10.2 Å². The van der Waals surface area contributed by atoms with Gasteiger partial charge >= 0.3 is 0 Å². The molecular formula is C21H14Cl3N5OS. The molecule has 6 nitrogen and oxygen atoms in total. The van der Waals surface area contributed by atoms with Crippen molar-refractivity contribution in [3.8, 4) is 17.1 Å². The van der Waals surface area contributed by atoms with Crippen LogP contribution in [0.2, 0.25) is 15.1 Å². The van der Waals surface area contributed by atoms with E-state index in [4.69, 9.17) is 34.8 Å². The zero-order valence-corrected chi connectivity index (χ0v) is 18.9. The summed E-state index contributed by atoms with van der Waals surface area (Å²) in [4.78, 5) is 16.5. The summed E-state index contributed by atoms with van der Waals surface area (Å²) in [6.07, 6.45) is 3.37. The summed E-state index contributed by atoms with van der Waals surface area (Å²) in [5.41, 5.74) is 2.17. The topological polar surface area (TPSA) is 72.7 Å². The highest BCUT2D eigenvalue weighted by Crippen LogP contribution is 2.29. The van der Waals surface area contributed by atoms with Crippen LogP contribution in [0, 0.1) is 0 Å². The molecule has 156 valence electrons. The Labute approximate surface area is 197 Å². The van der Waals surface area contributed by atoms with Crippen molar-refractivity contribution < 1.29 is 4.79 Å². The van der Waals surface area contributed by atoms with Crippen LogP contribution in [-0.2, 0) is 4.79 Å². The molecule has 10 heteroatoms. The van der Waals surface area contributed by atoms with E-state index < -0.39 is 0 Å². The molecule has 2 aromatic heterocycles. The van der Waals surface area contributed by atoms with Crippen molar-refractivity contribution in [3.63, 3.8) is 0 Å². The molecule has 0 spiro atoms. The summed E-state index contributed by atoms with van der Waals surface area (Å²) < 4.78 is 1.87. The average molecular weight is 491 g/mol. The van der Waals surface area contributed by atoms with Gasteiger partial charge in [0.25, 0.3) is 0 Å². The standard InChI is InChI=1S/C21H14Cl3N5OS/c22-14-1-4-16(5-2-14)29-20(13-7-9-25-10-8-13)27-28-21(29)31-12-19(30)26-18-6-3-15(23)11-17(18)24/h1-11H,12H2,(H,26,30). The van der Waals surface area contributed by atoms with Gasteiger partial charge in [0.05, 0.1) is 16.5 Å². The van der Waals surface area contributed by atoms with E-state index in [9.17, 15) is 4.79 Å². The number of thioether (sulfide) groups is 1. The van der Waals surface area contributed by atoms with Crippen LogP contribution in [0.3, 0.4) is 0 Å². The fourth-order valence-electron chi connectivity index (χ4n) is 2.78. The summed E-state index contributed by atoms with van der Waals surface area (Å²) in [5, 5.41) is 13.5. The maximum absolute atomic E-state index is 12.5. The lowest BCUT2D eigenvalue weighted by molar-refractivity contribution is -0.113. The van der Waals surface area contributed by atoms with E-state index >= 15 is 0 Å². The highest BCUT2D eigenvalue weighted by Gasteiger charge is 2.17. The van der Waals surface area contributed by atoms with E-state index in [1.807, 2.05) is 28.8 Å². The van der Waals surface area contributed by atoms with Crippen molar-refractivity contribution in [2.45, 2.75) is 5.16 Å². The Morgan fingerprint density at radius 3 is 2.35 bits per heavy atom. The molecule has 2 aromatic carbocycles. The second-order valence-corrected chi connectivity index (χ2v) is 8.54. The van der Waals surface area contributed by atoms with E-state index in [0.29, 0.717) is 31.7 Å². The number of rotatable bonds is 6. The molecule has 0 aliphatic heterocycles. The first-order valence-electron chi connectivity index (χ1n) is 9.01. The third-order valence-electron chi connectivity index (χ3n) is 4.19. The third kappa shape index (κ3) is 5.19. The number of pyridine rings is 1. The first-order valence-corrected chi connectivity index (χ1v) is 11.1. The molecule has 0 saturated carbocycles. The minimum absolute atomic E-state index is 0.112. The number of nitrogens with one attached hydrogen (secondary N) is 1. The average Bonchev–Trinajstić information content (AvgIpc) is 3.19. The molecule has 0 radical (unpaired) electrons. The molecule has 1 N–H and O–H groups in total. The molecule has 2 heterocycles. The number of carbonyl (C=O) groups excluding carboxylic acids is 1. The predicted octanol–water partition coefficient (Wildman–Crippen LogP) is 6.02. The lowest BCUT2D eigenvalue weighted by Gasteiger charge is -2.11. The second-order valence-electron chi connectivity index (χ2n) is 6.31. The zero-order valence-electron chi connectivity index (χ0n) is 15.8. The fourth-order valence-corrected chi connectivity index (χ4v) is 4.12. The summed E-state index contributed by atoms with van der Waals surface area (Å²) in [6, 6.07) is 15.9. The van der Waals surface area contributed by atoms with Crippen molar-refractivity contribution >= 4 is 58.2 Å². The molecular weight excluding hydrogens is 477 g/mol. The van der Waals surface area contributed by atoms with Crippen LogP contribution < -0.4 is 5.32 Å². The summed E-state index contributed by atoms with van der Waals surface area (Å²) in [6.45, 7) is 0. The fraction of sp³-hybridized carbons (Fsp3) is 0.0476. The van der Waals surface area contributed by atoms with E-state index in [1.54, 1.807) is 42.7 Å². The molecule has 0 fully saturated rings. The van der Waals surface area contributed by atoms with Crippen LogP contribution >= 0.6 is 46.6 Å². The van der Waals surface area contributed by atoms with Crippen molar-refractivity contribution in [1.29, 1.82) is 0 Å². The summed E-state index contributed by atoms with van der Waals surface area (Å²) in [5.74, 6) is 0.514. The Morgan fingerprint density at radius 2 is 1.65 bits per heavy atom. The minimum atomic E-state index is -0.231. The van der Waals surface area contributed by atoms with Crippen LogP contribution in [0.5, 0.6) is 0 Å². The second kappa shape index (κ2) is 9.70. The van der Waals surface area contributed by atoms with Gasteiger partial charge < -0.3 is 5.32 Å². The number of hydrogen-bond donors (Lipinski definition) is 1. The molecule has 4 aromatic rings. The van der Waals surface area contributed by atoms with Gasteiger partial charge in [-0.2, -0.15) is 0 Å². The number of carbonyl (C=O) groups is 1. The molecule has 0 aliphatic rings. The lowest BCUT2D eigenvalue weighted by Crippen LogP contribution is -2.15. The van der Waals surface area contributed by atoms with Gasteiger partial charge in [-0.1, -0.05) is 46.6 Å². The quantitative estimate of drug-likeness (QED) is 0.335. The van der Waals surface area contributed by atoms with E-state index in [2.05, 4.69) is 20.5 Å². The van der Waals surface area contributed by atoms with Gasteiger partial charge in [0, 0.05) is 33.7 Å². The maximum Gasteiger partial charge on any atom is 0.234 e. The van der Waals surface area contributed by atoms with Crippen molar-refractivity contribution in [2.24, 2.45) is 0 Å². The third-order valence-corrected chi connectivity index (χ3v) is 5.92. The zero-order chi connectivity index (χ0) is 21.8. The Kier molecular flexibility index (Phi) is 6.77. The SMILES string of the molecule is O=C(CSc1nnc(-c2ccncc2)n1-c1ccc(Cl)cc1)Nc1ccc(Cl)cc1Cl. The first kappa shape index (κ1) is 21.6. The van der Waals surface area contributed by atoms with E-state index in [-0.39, 0.29) is 11.7 Å². The number of anilines is 1. The predicted molar refractivity (Wildman–Crippen MR) is 125 cm³/mol. The highest BCUT2D eigenvalue weighted by molar-refractivity contribution is 7.99. The number of aromatic nitrogens is 4. The monoisotopic (exact) mass is 489 g/mol. The molecule has 0 bridgehead atoms. The Hall–Kier alpha value is -2.58. The number of nitrogens with zero attached hydrogens (tertiary/aromatic N) is 4. The van der Waals surface area contributed by atoms with E-state index in [0.717, 1.165) is 11.3 Å². The molecule has 0 aliphatic carbocycles. The molecule has 31 heavy (non-hydrogen) atoms. The minimum Gasteiger partial charge on any atom is -0.324 e. The Morgan fingerprint density at radius 1 is 0.935 bits per heavy atom. The van der Waals surface area contributed by atoms with Crippen LogP contribution in [0.25, 0.3) is 17.1 Å². The van der Waals surface area contributed by atoms with Gasteiger partial charge in [0.15, 0.2) is 11.0 Å². The number of halogens is 3. The van der Waals surface area contributed by atoms with Gasteiger partial charge in [-0.25, -0.2) is 0 Å². The summed E-state index contributed by atoms with van der Waals surface area (Å²) >= 11 is 19.3. The highest BCUT2D eigenvalue weighted by atomic mass is 35.5. The Bertz CT molecular complexity index is 1220. The van der Waals surface area contributed by atoms with Gasteiger partial charge in [-0.3, -0.25) is 14.3 Å². The molecule has 4 rings (SSSR count). The molecule has 0 saturated heterocycles. The van der Waals surface area contributed by atoms with Gasteiger partial charge in [0.1, 0.15) is 0 Å². The number of benzene rings is 2. The summed E-state index contributed by atoms with van der Waals surface area (Å²) in [7, 11) is 0. The smallest absolute Gasteiger partial charge is 0.234 e. The largest absolute Gasteiger partial charge is 0.324 e. The van der Waals surface area contributed by atoms with Crippen LogP contribution in [0.1, 0.15) is 0 Å². The van der Waals surface area contributed by atoms with Gasteiger partial charge in [-0.05, 0) is 54.6 Å². The molecule has 0 unspecified atom stereocenters. The van der Waals surface area contributed by atoms with Crippen LogP contribution in [0.15, 0.2) is 72.1 Å². The van der Waals surface area contributed by atoms with Crippen LogP contribution in [0.4, 0.5) is 5.69 Å². The van der Waals surface area contributed by atoms with Crippen molar-refractivity contribution in [2.75, 3.05) is 11.1 Å². The molecule has 1 amide bonds. The number of amides is 1. The van der Waals surface area contributed by atoms with Crippen LogP contribution in [-0.4, -0.2) is 31.4 Å².